The number of aromatic amines is 1. The number of para-hydroxylation sites is 1. The zero-order valence-corrected chi connectivity index (χ0v) is 17.5. The van der Waals surface area contributed by atoms with E-state index in [4.69, 9.17) is 0 Å². The number of carbonyl (C=O) groups excluding carboxylic acids is 1. The number of pyridine rings is 1. The monoisotopic (exact) mass is 380 g/mol. The van der Waals surface area contributed by atoms with Gasteiger partial charge in [-0.1, -0.05) is 57.9 Å². The molecular weight excluding hydrogens is 348 g/mol. The van der Waals surface area contributed by atoms with Crippen LogP contribution in [0.1, 0.15) is 70.2 Å². The highest BCUT2D eigenvalue weighted by Gasteiger charge is 2.23. The van der Waals surface area contributed by atoms with Crippen molar-refractivity contribution in [1.29, 1.82) is 0 Å². The molecule has 1 aromatic carbocycles. The summed E-state index contributed by atoms with van der Waals surface area (Å²) in [5.41, 5.74) is 2.89. The number of benzene rings is 1. The summed E-state index contributed by atoms with van der Waals surface area (Å²) in [5, 5.41) is 3.41. The van der Waals surface area contributed by atoms with Crippen molar-refractivity contribution in [3.63, 3.8) is 0 Å². The van der Waals surface area contributed by atoms with Crippen molar-refractivity contribution >= 4 is 16.8 Å². The van der Waals surface area contributed by atoms with Crippen LogP contribution in [-0.2, 0) is 0 Å². The summed E-state index contributed by atoms with van der Waals surface area (Å²) in [6, 6.07) is 7.21. The minimum absolute atomic E-state index is 0.150. The number of rotatable bonds is 2. The first-order valence-corrected chi connectivity index (χ1v) is 10.5. The molecule has 1 amide bonds. The molecule has 28 heavy (non-hydrogen) atoms. The molecule has 150 valence electrons. The zero-order chi connectivity index (χ0) is 20.5. The van der Waals surface area contributed by atoms with E-state index in [0.29, 0.717) is 11.3 Å². The van der Waals surface area contributed by atoms with Gasteiger partial charge in [-0.05, 0) is 49.8 Å². The molecule has 2 aliphatic rings. The number of fused-ring (bicyclic) bond motifs is 2. The second-order valence-electron chi connectivity index (χ2n) is 6.94. The van der Waals surface area contributed by atoms with E-state index in [1.165, 1.54) is 31.0 Å². The normalized spacial score (nSPS) is 17.2. The van der Waals surface area contributed by atoms with E-state index in [2.05, 4.69) is 36.3 Å². The van der Waals surface area contributed by atoms with Crippen molar-refractivity contribution in [3.05, 3.63) is 69.7 Å². The average Bonchev–Trinajstić information content (AvgIpc) is 3.18. The van der Waals surface area contributed by atoms with Gasteiger partial charge >= 0.3 is 0 Å². The van der Waals surface area contributed by atoms with E-state index in [1.54, 1.807) is 12.1 Å². The second kappa shape index (κ2) is 10.6. The average molecular weight is 381 g/mol. The van der Waals surface area contributed by atoms with Crippen LogP contribution in [0, 0.1) is 5.92 Å². The van der Waals surface area contributed by atoms with Crippen LogP contribution in [-0.4, -0.2) is 10.9 Å². The molecule has 0 aliphatic heterocycles. The van der Waals surface area contributed by atoms with Gasteiger partial charge in [-0.25, -0.2) is 0 Å². The molecule has 4 nitrogen and oxygen atoms in total. The fraction of sp³-hybridized carbons (Fsp3) is 0.417. The molecule has 1 unspecified atom stereocenters. The van der Waals surface area contributed by atoms with Crippen LogP contribution < -0.4 is 10.7 Å². The van der Waals surface area contributed by atoms with Crippen LogP contribution in [0.3, 0.4) is 0 Å². The number of nitrogens with one attached hydrogen (secondary N) is 2. The lowest BCUT2D eigenvalue weighted by Crippen LogP contribution is -2.28. The number of hydrogen-bond donors (Lipinski definition) is 2. The van der Waals surface area contributed by atoms with E-state index in [9.17, 15) is 9.59 Å². The molecule has 1 saturated carbocycles. The van der Waals surface area contributed by atoms with E-state index in [1.807, 2.05) is 26.0 Å². The largest absolute Gasteiger partial charge is 0.360 e. The number of allylic oxidation sites excluding steroid dienone is 3. The Hall–Kier alpha value is -2.62. The zero-order valence-electron chi connectivity index (χ0n) is 17.5. The van der Waals surface area contributed by atoms with Gasteiger partial charge in [-0.15, -0.1) is 0 Å². The predicted octanol–water partition coefficient (Wildman–Crippen LogP) is 5.71. The Morgan fingerprint density at radius 1 is 1.21 bits per heavy atom. The van der Waals surface area contributed by atoms with Crippen molar-refractivity contribution < 1.29 is 4.79 Å². The molecule has 0 bridgehead atoms. The lowest BCUT2D eigenvalue weighted by molar-refractivity contribution is 0.0965. The quantitative estimate of drug-likeness (QED) is 0.700. The highest BCUT2D eigenvalue weighted by Crippen LogP contribution is 2.37. The standard InChI is InChI=1S/C19H18N2O2.C3H8.C2H6/c22-18-15-6-1-2-7-17(15)20-11-16(18)19(23)21-14-9-8-12-4-3-5-13(12)10-14;1-3-2;1-2/h1-2,6-7,9-12H,3-5,8H2,(H,20,22)(H,21,23);3H2,1-2H3;1-2H3. The number of H-pyrrole nitrogens is 1. The number of hydrogen-bond acceptors (Lipinski definition) is 2. The maximum absolute atomic E-state index is 12.5. The molecule has 1 atom stereocenters. The van der Waals surface area contributed by atoms with Crippen LogP contribution in [0.4, 0.5) is 0 Å². The van der Waals surface area contributed by atoms with Crippen molar-refractivity contribution in [3.8, 4) is 0 Å². The lowest BCUT2D eigenvalue weighted by atomic mass is 9.93. The Balaban J connectivity index is 0.000000514. The van der Waals surface area contributed by atoms with Crippen molar-refractivity contribution in [2.45, 2.75) is 59.8 Å². The molecule has 1 aromatic heterocycles. The van der Waals surface area contributed by atoms with Crippen molar-refractivity contribution in [2.75, 3.05) is 0 Å². The topological polar surface area (TPSA) is 62.0 Å². The minimum Gasteiger partial charge on any atom is -0.360 e. The van der Waals surface area contributed by atoms with Gasteiger partial charge in [-0.2, -0.15) is 0 Å². The maximum Gasteiger partial charge on any atom is 0.261 e. The van der Waals surface area contributed by atoms with Crippen LogP contribution >= 0.6 is 0 Å². The molecule has 2 aromatic rings. The molecule has 1 fully saturated rings. The molecule has 1 heterocycles. The van der Waals surface area contributed by atoms with E-state index >= 15 is 0 Å². The van der Waals surface area contributed by atoms with Gasteiger partial charge in [0, 0.05) is 22.8 Å². The summed E-state index contributed by atoms with van der Waals surface area (Å²) in [5.74, 6) is 0.302. The summed E-state index contributed by atoms with van der Waals surface area (Å²) in [4.78, 5) is 28.0. The third-order valence-corrected chi connectivity index (χ3v) is 4.80. The molecule has 2 N–H and O–H groups in total. The SMILES string of the molecule is CC.CCC.O=C(NC1=CCC2CCCC2=C1)c1c[nH]c2ccccc2c1=O. The summed E-state index contributed by atoms with van der Waals surface area (Å²) in [6.45, 7) is 8.25. The number of carbonyl (C=O) groups is 1. The summed E-state index contributed by atoms with van der Waals surface area (Å²) < 4.78 is 0. The van der Waals surface area contributed by atoms with Crippen molar-refractivity contribution in [1.82, 2.24) is 10.3 Å². The fourth-order valence-electron chi connectivity index (χ4n) is 3.55. The van der Waals surface area contributed by atoms with E-state index < -0.39 is 0 Å². The lowest BCUT2D eigenvalue weighted by Gasteiger charge is -2.17. The number of amides is 1. The Morgan fingerprint density at radius 3 is 2.68 bits per heavy atom. The maximum atomic E-state index is 12.5. The van der Waals surface area contributed by atoms with Crippen molar-refractivity contribution in [2.24, 2.45) is 5.92 Å². The van der Waals surface area contributed by atoms with Gasteiger partial charge < -0.3 is 10.3 Å². The van der Waals surface area contributed by atoms with Crippen LogP contribution in [0.15, 0.2) is 58.7 Å². The molecule has 0 radical (unpaired) electrons. The second-order valence-corrected chi connectivity index (χ2v) is 6.94. The molecule has 4 rings (SSSR count). The molecule has 0 saturated heterocycles. The highest BCUT2D eigenvalue weighted by atomic mass is 16.2. The minimum atomic E-state index is -0.350. The van der Waals surface area contributed by atoms with Gasteiger partial charge in [0.25, 0.3) is 5.91 Å². The Labute approximate surface area is 167 Å². The first-order valence-electron chi connectivity index (χ1n) is 10.5. The molecule has 0 spiro atoms. The molecule has 2 aliphatic carbocycles. The van der Waals surface area contributed by atoms with Crippen LogP contribution in [0.5, 0.6) is 0 Å². The Morgan fingerprint density at radius 2 is 1.93 bits per heavy atom. The van der Waals surface area contributed by atoms with Gasteiger partial charge in [0.05, 0.1) is 0 Å². The van der Waals surface area contributed by atoms with Gasteiger partial charge in [0.1, 0.15) is 5.56 Å². The molecule has 4 heteroatoms. The summed E-state index contributed by atoms with van der Waals surface area (Å²) in [7, 11) is 0. The summed E-state index contributed by atoms with van der Waals surface area (Å²) in [6.07, 6.45) is 11.5. The number of aromatic nitrogens is 1. The first kappa shape index (κ1) is 21.7. The fourth-order valence-corrected chi connectivity index (χ4v) is 3.55. The third-order valence-electron chi connectivity index (χ3n) is 4.80. The summed E-state index contributed by atoms with van der Waals surface area (Å²) >= 11 is 0. The van der Waals surface area contributed by atoms with Crippen LogP contribution in [0.2, 0.25) is 0 Å². The third kappa shape index (κ3) is 5.00. The highest BCUT2D eigenvalue weighted by molar-refractivity contribution is 5.98. The Kier molecular flexibility index (Phi) is 8.24. The predicted molar refractivity (Wildman–Crippen MR) is 117 cm³/mol. The molecular formula is C24H32N2O2. The first-order chi connectivity index (χ1) is 13.6. The van der Waals surface area contributed by atoms with Gasteiger partial charge in [0.2, 0.25) is 5.43 Å². The van der Waals surface area contributed by atoms with Gasteiger partial charge in [0.15, 0.2) is 0 Å². The van der Waals surface area contributed by atoms with Gasteiger partial charge in [-0.3, -0.25) is 9.59 Å². The van der Waals surface area contributed by atoms with E-state index in [-0.39, 0.29) is 16.9 Å². The smallest absolute Gasteiger partial charge is 0.261 e. The van der Waals surface area contributed by atoms with E-state index in [0.717, 1.165) is 24.1 Å². The van der Waals surface area contributed by atoms with Crippen LogP contribution in [0.25, 0.3) is 10.9 Å². The Bertz CT molecular complexity index is 922.